The van der Waals surface area contributed by atoms with E-state index in [-0.39, 0.29) is 5.91 Å². The molecule has 0 aliphatic carbocycles. The SMILES string of the molecule is Cc1cnc(CNC(=O)c2ccc(-c3cncc(N)n3)cc2)cn1. The number of nitrogens with two attached hydrogens (primary N) is 1. The van der Waals surface area contributed by atoms with Crippen molar-refractivity contribution in [1.82, 2.24) is 25.3 Å². The molecule has 3 aromatic rings. The van der Waals surface area contributed by atoms with Crippen molar-refractivity contribution in [2.45, 2.75) is 13.5 Å². The second-order valence-electron chi connectivity index (χ2n) is 5.24. The summed E-state index contributed by atoms with van der Waals surface area (Å²) in [5.41, 5.74) is 9.24. The first-order valence-electron chi connectivity index (χ1n) is 7.35. The molecule has 0 saturated heterocycles. The van der Waals surface area contributed by atoms with Crippen molar-refractivity contribution in [2.75, 3.05) is 5.73 Å². The first-order valence-corrected chi connectivity index (χ1v) is 7.35. The molecule has 0 aliphatic heterocycles. The van der Waals surface area contributed by atoms with Crippen LogP contribution in [0.4, 0.5) is 5.82 Å². The number of hydrogen-bond donors (Lipinski definition) is 2. The first kappa shape index (κ1) is 15.5. The molecule has 7 heteroatoms. The number of amides is 1. The Labute approximate surface area is 139 Å². The van der Waals surface area contributed by atoms with E-state index in [1.807, 2.05) is 19.1 Å². The van der Waals surface area contributed by atoms with Gasteiger partial charge in [-0.2, -0.15) is 0 Å². The molecule has 2 aromatic heterocycles. The summed E-state index contributed by atoms with van der Waals surface area (Å²) in [5, 5.41) is 2.81. The quantitative estimate of drug-likeness (QED) is 0.758. The average molecular weight is 320 g/mol. The summed E-state index contributed by atoms with van der Waals surface area (Å²) < 4.78 is 0. The van der Waals surface area contributed by atoms with Crippen molar-refractivity contribution in [2.24, 2.45) is 0 Å². The lowest BCUT2D eigenvalue weighted by molar-refractivity contribution is 0.0950. The first-order chi connectivity index (χ1) is 11.6. The Bertz CT molecular complexity index is 846. The minimum atomic E-state index is -0.178. The van der Waals surface area contributed by atoms with Gasteiger partial charge in [-0.1, -0.05) is 12.1 Å². The molecule has 3 rings (SSSR count). The Morgan fingerprint density at radius 3 is 2.54 bits per heavy atom. The summed E-state index contributed by atoms with van der Waals surface area (Å²) in [6.45, 7) is 2.19. The largest absolute Gasteiger partial charge is 0.382 e. The zero-order valence-corrected chi connectivity index (χ0v) is 13.1. The van der Waals surface area contributed by atoms with Crippen molar-refractivity contribution >= 4 is 11.7 Å². The van der Waals surface area contributed by atoms with Crippen molar-refractivity contribution in [3.05, 3.63) is 66.0 Å². The lowest BCUT2D eigenvalue weighted by atomic mass is 10.1. The molecular formula is C17H16N6O. The van der Waals surface area contributed by atoms with Gasteiger partial charge >= 0.3 is 0 Å². The number of benzene rings is 1. The number of carbonyl (C=O) groups is 1. The van der Waals surface area contributed by atoms with E-state index in [4.69, 9.17) is 5.73 Å². The molecule has 0 radical (unpaired) electrons. The Balaban J connectivity index is 1.66. The van der Waals surface area contributed by atoms with Gasteiger partial charge in [-0.25, -0.2) is 4.98 Å². The number of nitrogen functional groups attached to an aromatic ring is 1. The molecular weight excluding hydrogens is 304 g/mol. The van der Waals surface area contributed by atoms with Crippen LogP contribution in [0, 0.1) is 6.92 Å². The third-order valence-corrected chi connectivity index (χ3v) is 3.36. The van der Waals surface area contributed by atoms with Crippen molar-refractivity contribution < 1.29 is 4.79 Å². The van der Waals surface area contributed by atoms with Crippen LogP contribution in [0.15, 0.2) is 49.1 Å². The molecule has 0 spiro atoms. The Morgan fingerprint density at radius 2 is 1.88 bits per heavy atom. The number of nitrogens with zero attached hydrogens (tertiary/aromatic N) is 4. The lowest BCUT2D eigenvalue weighted by Crippen LogP contribution is -2.23. The van der Waals surface area contributed by atoms with Gasteiger partial charge in [0.15, 0.2) is 0 Å². The maximum atomic E-state index is 12.2. The number of rotatable bonds is 4. The Hall–Kier alpha value is -3.35. The molecule has 0 fully saturated rings. The van der Waals surface area contributed by atoms with Gasteiger partial charge in [0.2, 0.25) is 0 Å². The molecule has 0 atom stereocenters. The Morgan fingerprint density at radius 1 is 1.08 bits per heavy atom. The lowest BCUT2D eigenvalue weighted by Gasteiger charge is -2.06. The molecule has 7 nitrogen and oxygen atoms in total. The highest BCUT2D eigenvalue weighted by Crippen LogP contribution is 2.17. The van der Waals surface area contributed by atoms with Crippen molar-refractivity contribution in [3.8, 4) is 11.3 Å². The van der Waals surface area contributed by atoms with Gasteiger partial charge in [-0.3, -0.25) is 19.7 Å². The van der Waals surface area contributed by atoms with Crippen molar-refractivity contribution in [1.29, 1.82) is 0 Å². The normalized spacial score (nSPS) is 10.4. The van der Waals surface area contributed by atoms with Gasteiger partial charge in [0.05, 0.1) is 42.2 Å². The average Bonchev–Trinajstić information content (AvgIpc) is 2.61. The van der Waals surface area contributed by atoms with Crippen LogP contribution in [0.3, 0.4) is 0 Å². The summed E-state index contributed by atoms with van der Waals surface area (Å²) in [4.78, 5) is 28.7. The van der Waals surface area contributed by atoms with Gasteiger partial charge in [0.25, 0.3) is 5.91 Å². The second kappa shape index (κ2) is 6.82. The third kappa shape index (κ3) is 3.70. The fourth-order valence-electron chi connectivity index (χ4n) is 2.10. The van der Waals surface area contributed by atoms with Crippen LogP contribution >= 0.6 is 0 Å². The van der Waals surface area contributed by atoms with E-state index >= 15 is 0 Å². The maximum absolute atomic E-state index is 12.2. The summed E-state index contributed by atoms with van der Waals surface area (Å²) in [5.74, 6) is 0.177. The zero-order valence-electron chi connectivity index (χ0n) is 13.1. The predicted octanol–water partition coefficient (Wildman–Crippen LogP) is 1.75. The van der Waals surface area contributed by atoms with Gasteiger partial charge in [-0.05, 0) is 19.1 Å². The topological polar surface area (TPSA) is 107 Å². The highest BCUT2D eigenvalue weighted by atomic mass is 16.1. The van der Waals surface area contributed by atoms with Gasteiger partial charge in [0.1, 0.15) is 5.82 Å². The highest BCUT2D eigenvalue weighted by molar-refractivity contribution is 5.94. The number of anilines is 1. The van der Waals surface area contributed by atoms with Crippen LogP contribution in [-0.4, -0.2) is 25.8 Å². The molecule has 0 bridgehead atoms. The van der Waals surface area contributed by atoms with Crippen LogP contribution in [0.2, 0.25) is 0 Å². The number of aryl methyl sites for hydroxylation is 1. The predicted molar refractivity (Wildman–Crippen MR) is 89.8 cm³/mol. The van der Waals surface area contributed by atoms with E-state index in [9.17, 15) is 4.79 Å². The summed E-state index contributed by atoms with van der Waals surface area (Å²) in [6.07, 6.45) is 6.43. The molecule has 1 aromatic carbocycles. The smallest absolute Gasteiger partial charge is 0.251 e. The molecule has 2 heterocycles. The van der Waals surface area contributed by atoms with E-state index in [1.165, 1.54) is 6.20 Å². The van der Waals surface area contributed by atoms with Gasteiger partial charge in [-0.15, -0.1) is 0 Å². The van der Waals surface area contributed by atoms with E-state index in [2.05, 4.69) is 25.3 Å². The number of nitrogens with one attached hydrogen (secondary N) is 1. The number of aromatic nitrogens is 4. The minimum Gasteiger partial charge on any atom is -0.382 e. The molecule has 1 amide bonds. The summed E-state index contributed by atoms with van der Waals surface area (Å²) in [7, 11) is 0. The van der Waals surface area contributed by atoms with Crippen LogP contribution in [0.5, 0.6) is 0 Å². The second-order valence-corrected chi connectivity index (χ2v) is 5.24. The fourth-order valence-corrected chi connectivity index (χ4v) is 2.10. The monoisotopic (exact) mass is 320 g/mol. The molecule has 0 saturated carbocycles. The van der Waals surface area contributed by atoms with Crippen LogP contribution < -0.4 is 11.1 Å². The van der Waals surface area contributed by atoms with Gasteiger partial charge < -0.3 is 11.1 Å². The number of hydrogen-bond acceptors (Lipinski definition) is 6. The van der Waals surface area contributed by atoms with Crippen LogP contribution in [0.25, 0.3) is 11.3 Å². The molecule has 24 heavy (non-hydrogen) atoms. The van der Waals surface area contributed by atoms with E-state index in [0.29, 0.717) is 29.3 Å². The molecule has 3 N–H and O–H groups in total. The maximum Gasteiger partial charge on any atom is 0.251 e. The standard InChI is InChI=1S/C17H16N6O/c1-11-6-21-14(7-20-11)8-22-17(24)13-4-2-12(3-5-13)15-9-19-10-16(18)23-15/h2-7,9-10H,8H2,1H3,(H2,18,23)(H,22,24). The third-order valence-electron chi connectivity index (χ3n) is 3.36. The number of carbonyl (C=O) groups excluding carboxylic acids is 1. The molecule has 0 unspecified atom stereocenters. The zero-order chi connectivity index (χ0) is 16.9. The van der Waals surface area contributed by atoms with Crippen molar-refractivity contribution in [3.63, 3.8) is 0 Å². The Kier molecular flexibility index (Phi) is 4.42. The van der Waals surface area contributed by atoms with E-state index in [1.54, 1.807) is 30.7 Å². The van der Waals surface area contributed by atoms with Crippen LogP contribution in [0.1, 0.15) is 21.7 Å². The highest BCUT2D eigenvalue weighted by Gasteiger charge is 2.07. The van der Waals surface area contributed by atoms with E-state index in [0.717, 1.165) is 11.3 Å². The van der Waals surface area contributed by atoms with Gasteiger partial charge in [0, 0.05) is 17.3 Å². The summed E-state index contributed by atoms with van der Waals surface area (Å²) >= 11 is 0. The fraction of sp³-hybridized carbons (Fsp3) is 0.118. The van der Waals surface area contributed by atoms with Crippen LogP contribution in [-0.2, 0) is 6.54 Å². The molecule has 120 valence electrons. The summed E-state index contributed by atoms with van der Waals surface area (Å²) in [6, 6.07) is 7.08. The minimum absolute atomic E-state index is 0.178. The van der Waals surface area contributed by atoms with E-state index < -0.39 is 0 Å². The molecule has 0 aliphatic rings.